The van der Waals surface area contributed by atoms with Crippen molar-refractivity contribution >= 4 is 0 Å². The third-order valence-electron chi connectivity index (χ3n) is 2.81. The SMILES string of the molecule is COCCCCCNC(C)c1nccnc1C. The minimum atomic E-state index is 0.270. The maximum atomic E-state index is 5.02. The lowest BCUT2D eigenvalue weighted by molar-refractivity contribution is 0.192. The van der Waals surface area contributed by atoms with Crippen LogP contribution in [0, 0.1) is 6.92 Å². The Morgan fingerprint density at radius 2 is 2.00 bits per heavy atom. The maximum absolute atomic E-state index is 5.02. The Bertz CT molecular complexity index is 317. The highest BCUT2D eigenvalue weighted by atomic mass is 16.5. The summed E-state index contributed by atoms with van der Waals surface area (Å²) >= 11 is 0. The Morgan fingerprint density at radius 1 is 1.24 bits per heavy atom. The van der Waals surface area contributed by atoms with Crippen molar-refractivity contribution in [3.05, 3.63) is 23.8 Å². The molecule has 0 spiro atoms. The Morgan fingerprint density at radius 3 is 2.71 bits per heavy atom. The van der Waals surface area contributed by atoms with Crippen molar-refractivity contribution in [1.82, 2.24) is 15.3 Å². The van der Waals surface area contributed by atoms with Crippen molar-refractivity contribution in [3.8, 4) is 0 Å². The van der Waals surface area contributed by atoms with Crippen LogP contribution in [-0.4, -0.2) is 30.2 Å². The van der Waals surface area contributed by atoms with E-state index in [9.17, 15) is 0 Å². The van der Waals surface area contributed by atoms with Gasteiger partial charge in [0.25, 0.3) is 0 Å². The predicted octanol–water partition coefficient (Wildman–Crippen LogP) is 2.25. The zero-order valence-electron chi connectivity index (χ0n) is 11.1. The molecule has 4 heteroatoms. The molecule has 0 fully saturated rings. The summed E-state index contributed by atoms with van der Waals surface area (Å²) in [7, 11) is 1.75. The van der Waals surface area contributed by atoms with Crippen LogP contribution in [-0.2, 0) is 4.74 Å². The van der Waals surface area contributed by atoms with Crippen LogP contribution in [0.2, 0.25) is 0 Å². The van der Waals surface area contributed by atoms with Gasteiger partial charge in [0.05, 0.1) is 11.4 Å². The van der Waals surface area contributed by atoms with Crippen molar-refractivity contribution in [2.45, 2.75) is 39.2 Å². The number of rotatable bonds is 8. The second-order valence-corrected chi connectivity index (χ2v) is 4.26. The number of nitrogens with one attached hydrogen (secondary N) is 1. The summed E-state index contributed by atoms with van der Waals surface area (Å²) in [5.74, 6) is 0. The number of ether oxygens (including phenoxy) is 1. The van der Waals surface area contributed by atoms with Crippen LogP contribution in [0.5, 0.6) is 0 Å². The van der Waals surface area contributed by atoms with Gasteiger partial charge in [0.1, 0.15) is 0 Å². The van der Waals surface area contributed by atoms with E-state index >= 15 is 0 Å². The minimum Gasteiger partial charge on any atom is -0.385 e. The fraction of sp³-hybridized carbons (Fsp3) is 0.692. The lowest BCUT2D eigenvalue weighted by atomic mass is 10.1. The van der Waals surface area contributed by atoms with Crippen LogP contribution in [0.1, 0.15) is 43.6 Å². The zero-order valence-corrected chi connectivity index (χ0v) is 11.1. The quantitative estimate of drug-likeness (QED) is 0.704. The fourth-order valence-corrected chi connectivity index (χ4v) is 1.81. The van der Waals surface area contributed by atoms with Crippen molar-refractivity contribution in [2.75, 3.05) is 20.3 Å². The number of methoxy groups -OCH3 is 1. The average Bonchev–Trinajstić information content (AvgIpc) is 2.34. The van der Waals surface area contributed by atoms with E-state index in [-0.39, 0.29) is 6.04 Å². The number of aryl methyl sites for hydroxylation is 1. The monoisotopic (exact) mass is 237 g/mol. The molecule has 17 heavy (non-hydrogen) atoms. The molecule has 1 aromatic heterocycles. The van der Waals surface area contributed by atoms with Crippen molar-refractivity contribution in [2.24, 2.45) is 0 Å². The minimum absolute atomic E-state index is 0.270. The van der Waals surface area contributed by atoms with Gasteiger partial charge in [-0.1, -0.05) is 0 Å². The fourth-order valence-electron chi connectivity index (χ4n) is 1.81. The van der Waals surface area contributed by atoms with E-state index in [1.165, 1.54) is 12.8 Å². The average molecular weight is 237 g/mol. The predicted molar refractivity (Wildman–Crippen MR) is 68.9 cm³/mol. The lowest BCUT2D eigenvalue weighted by Gasteiger charge is -2.14. The maximum Gasteiger partial charge on any atom is 0.0782 e. The van der Waals surface area contributed by atoms with Crippen molar-refractivity contribution in [1.29, 1.82) is 0 Å². The van der Waals surface area contributed by atoms with Crippen LogP contribution in [0.15, 0.2) is 12.4 Å². The molecule has 0 aliphatic heterocycles. The van der Waals surface area contributed by atoms with Gasteiger partial charge in [0.2, 0.25) is 0 Å². The Labute approximate surface area is 104 Å². The molecule has 0 aliphatic rings. The molecule has 1 N–H and O–H groups in total. The Hall–Kier alpha value is -1.00. The first-order valence-electron chi connectivity index (χ1n) is 6.25. The molecule has 1 atom stereocenters. The van der Waals surface area contributed by atoms with Crippen LogP contribution in [0.25, 0.3) is 0 Å². The van der Waals surface area contributed by atoms with Gasteiger partial charge >= 0.3 is 0 Å². The van der Waals surface area contributed by atoms with Gasteiger partial charge in [-0.2, -0.15) is 0 Å². The van der Waals surface area contributed by atoms with E-state index in [0.717, 1.165) is 31.0 Å². The van der Waals surface area contributed by atoms with Crippen molar-refractivity contribution < 1.29 is 4.74 Å². The summed E-state index contributed by atoms with van der Waals surface area (Å²) in [6, 6.07) is 0.270. The van der Waals surface area contributed by atoms with E-state index in [1.807, 2.05) is 6.92 Å². The molecule has 0 radical (unpaired) electrons. The van der Waals surface area contributed by atoms with Crippen LogP contribution in [0.4, 0.5) is 0 Å². The molecule has 0 bridgehead atoms. The first-order valence-corrected chi connectivity index (χ1v) is 6.25. The number of hydrogen-bond donors (Lipinski definition) is 1. The molecule has 0 aliphatic carbocycles. The largest absolute Gasteiger partial charge is 0.385 e. The van der Waals surface area contributed by atoms with E-state index in [1.54, 1.807) is 19.5 Å². The topological polar surface area (TPSA) is 47.0 Å². The van der Waals surface area contributed by atoms with Gasteiger partial charge < -0.3 is 10.1 Å². The second-order valence-electron chi connectivity index (χ2n) is 4.26. The van der Waals surface area contributed by atoms with E-state index in [0.29, 0.717) is 0 Å². The highest BCUT2D eigenvalue weighted by molar-refractivity contribution is 5.12. The summed E-state index contributed by atoms with van der Waals surface area (Å²) in [6.45, 7) is 6.00. The number of unbranched alkanes of at least 4 members (excludes halogenated alkanes) is 2. The third-order valence-corrected chi connectivity index (χ3v) is 2.81. The standard InChI is InChI=1S/C13H23N3O/c1-11(13-12(2)15-8-9-16-13)14-7-5-4-6-10-17-3/h8-9,11,14H,4-7,10H2,1-3H3. The molecule has 4 nitrogen and oxygen atoms in total. The number of aromatic nitrogens is 2. The van der Waals surface area contributed by atoms with Gasteiger partial charge in [-0.15, -0.1) is 0 Å². The van der Waals surface area contributed by atoms with E-state index in [2.05, 4.69) is 22.2 Å². The van der Waals surface area contributed by atoms with Crippen molar-refractivity contribution in [3.63, 3.8) is 0 Å². The first-order chi connectivity index (χ1) is 8.25. The molecule has 1 unspecified atom stereocenters. The van der Waals surface area contributed by atoms with Gasteiger partial charge in [0.15, 0.2) is 0 Å². The molecule has 0 saturated carbocycles. The molecular formula is C13H23N3O. The van der Waals surface area contributed by atoms with E-state index < -0.39 is 0 Å². The summed E-state index contributed by atoms with van der Waals surface area (Å²) < 4.78 is 5.02. The highest BCUT2D eigenvalue weighted by Crippen LogP contribution is 2.11. The molecule has 1 heterocycles. The summed E-state index contributed by atoms with van der Waals surface area (Å²) in [5, 5.41) is 3.47. The van der Waals surface area contributed by atoms with Gasteiger partial charge in [-0.3, -0.25) is 9.97 Å². The zero-order chi connectivity index (χ0) is 12.5. The lowest BCUT2D eigenvalue weighted by Crippen LogP contribution is -2.22. The molecule has 0 saturated heterocycles. The molecule has 1 rings (SSSR count). The van der Waals surface area contributed by atoms with Gasteiger partial charge in [-0.05, 0) is 39.7 Å². The molecule has 96 valence electrons. The van der Waals surface area contributed by atoms with Gasteiger partial charge in [0, 0.05) is 32.2 Å². The Kier molecular flexibility index (Phi) is 6.74. The van der Waals surface area contributed by atoms with Gasteiger partial charge in [-0.25, -0.2) is 0 Å². The summed E-state index contributed by atoms with van der Waals surface area (Å²) in [4.78, 5) is 8.61. The Balaban J connectivity index is 2.21. The molecule has 1 aromatic rings. The summed E-state index contributed by atoms with van der Waals surface area (Å²) in [5.41, 5.74) is 2.05. The summed E-state index contributed by atoms with van der Waals surface area (Å²) in [6.07, 6.45) is 6.99. The van der Waals surface area contributed by atoms with E-state index in [4.69, 9.17) is 4.74 Å². The van der Waals surface area contributed by atoms with Crippen LogP contribution >= 0.6 is 0 Å². The van der Waals surface area contributed by atoms with Crippen LogP contribution < -0.4 is 5.32 Å². The number of nitrogens with zero attached hydrogens (tertiary/aromatic N) is 2. The second kappa shape index (κ2) is 8.14. The first kappa shape index (κ1) is 14.1. The highest BCUT2D eigenvalue weighted by Gasteiger charge is 2.08. The smallest absolute Gasteiger partial charge is 0.0782 e. The molecular weight excluding hydrogens is 214 g/mol. The third kappa shape index (κ3) is 5.24. The van der Waals surface area contributed by atoms with Crippen LogP contribution in [0.3, 0.4) is 0 Å². The molecule has 0 amide bonds. The normalized spacial score (nSPS) is 12.6. The molecule has 0 aromatic carbocycles. The number of hydrogen-bond acceptors (Lipinski definition) is 4.